The van der Waals surface area contributed by atoms with Gasteiger partial charge in [0.1, 0.15) is 0 Å². The fourth-order valence-electron chi connectivity index (χ4n) is 2.97. The molecule has 1 aliphatic rings. The highest BCUT2D eigenvalue weighted by atomic mass is 16.5. The molecule has 1 saturated carbocycles. The Kier molecular flexibility index (Phi) is 4.08. The summed E-state index contributed by atoms with van der Waals surface area (Å²) in [5.74, 6) is 0. The second kappa shape index (κ2) is 5.41. The minimum absolute atomic E-state index is 0.0456. The van der Waals surface area contributed by atoms with Crippen LogP contribution in [0, 0.1) is 13.8 Å². The van der Waals surface area contributed by atoms with Crippen LogP contribution >= 0.6 is 0 Å². The van der Waals surface area contributed by atoms with Crippen LogP contribution in [0.5, 0.6) is 0 Å². The molecule has 0 saturated heterocycles. The molecule has 1 fully saturated rings. The Labute approximate surface area is 110 Å². The minimum Gasteiger partial charge on any atom is -0.393 e. The lowest BCUT2D eigenvalue weighted by Crippen LogP contribution is -2.42. The van der Waals surface area contributed by atoms with E-state index in [4.69, 9.17) is 4.74 Å². The fourth-order valence-corrected chi connectivity index (χ4v) is 2.97. The molecule has 0 aliphatic heterocycles. The molecule has 0 radical (unpaired) electrons. The minimum atomic E-state index is -0.301. The molecule has 100 valence electrons. The molecule has 0 amide bonds. The molecule has 1 N–H and O–H groups in total. The molecule has 2 heteroatoms. The highest BCUT2D eigenvalue weighted by molar-refractivity contribution is 5.34. The number of aliphatic hydroxyl groups excluding tert-OH is 1. The SMILES string of the molecule is COC1(CC(O)Cc2c(C)cccc2C)CCC1. The van der Waals surface area contributed by atoms with Gasteiger partial charge in [0.2, 0.25) is 0 Å². The molecule has 2 rings (SSSR count). The van der Waals surface area contributed by atoms with Gasteiger partial charge >= 0.3 is 0 Å². The number of hydrogen-bond donors (Lipinski definition) is 1. The highest BCUT2D eigenvalue weighted by Crippen LogP contribution is 2.39. The predicted molar refractivity (Wildman–Crippen MR) is 73.8 cm³/mol. The molecule has 1 aromatic rings. The number of rotatable bonds is 5. The highest BCUT2D eigenvalue weighted by Gasteiger charge is 2.38. The lowest BCUT2D eigenvalue weighted by Gasteiger charge is -2.42. The first-order chi connectivity index (χ1) is 8.56. The van der Waals surface area contributed by atoms with Crippen LogP contribution in [0.15, 0.2) is 18.2 Å². The van der Waals surface area contributed by atoms with E-state index in [0.717, 1.165) is 25.7 Å². The summed E-state index contributed by atoms with van der Waals surface area (Å²) in [6, 6.07) is 6.30. The maximum atomic E-state index is 10.3. The summed E-state index contributed by atoms with van der Waals surface area (Å²) in [6.07, 6.45) is 4.61. The van der Waals surface area contributed by atoms with E-state index in [0.29, 0.717) is 0 Å². The van der Waals surface area contributed by atoms with E-state index in [-0.39, 0.29) is 11.7 Å². The lowest BCUT2D eigenvalue weighted by atomic mass is 9.75. The summed E-state index contributed by atoms with van der Waals surface area (Å²) < 4.78 is 5.58. The Bertz CT molecular complexity index is 382. The lowest BCUT2D eigenvalue weighted by molar-refractivity contribution is -0.0989. The van der Waals surface area contributed by atoms with E-state index in [9.17, 15) is 5.11 Å². The molecule has 0 aromatic heterocycles. The van der Waals surface area contributed by atoms with Gasteiger partial charge in [0, 0.05) is 13.5 Å². The number of aryl methyl sites for hydroxylation is 2. The fraction of sp³-hybridized carbons (Fsp3) is 0.625. The number of ether oxygens (including phenoxy) is 1. The largest absolute Gasteiger partial charge is 0.393 e. The van der Waals surface area contributed by atoms with Gasteiger partial charge in [-0.15, -0.1) is 0 Å². The smallest absolute Gasteiger partial charge is 0.0703 e. The third-order valence-corrected chi connectivity index (χ3v) is 4.39. The molecule has 0 heterocycles. The van der Waals surface area contributed by atoms with Gasteiger partial charge in [0.15, 0.2) is 0 Å². The molecule has 1 aromatic carbocycles. The first-order valence-electron chi connectivity index (χ1n) is 6.85. The number of hydrogen-bond acceptors (Lipinski definition) is 2. The van der Waals surface area contributed by atoms with Crippen molar-refractivity contribution in [3.8, 4) is 0 Å². The van der Waals surface area contributed by atoms with Gasteiger partial charge in [-0.2, -0.15) is 0 Å². The zero-order valence-electron chi connectivity index (χ0n) is 11.7. The van der Waals surface area contributed by atoms with Crippen LogP contribution in [0.2, 0.25) is 0 Å². The van der Waals surface area contributed by atoms with Gasteiger partial charge in [-0.3, -0.25) is 0 Å². The number of aliphatic hydroxyl groups is 1. The zero-order chi connectivity index (χ0) is 13.2. The van der Waals surface area contributed by atoms with E-state index >= 15 is 0 Å². The summed E-state index contributed by atoms with van der Waals surface area (Å²) in [5.41, 5.74) is 3.79. The van der Waals surface area contributed by atoms with E-state index < -0.39 is 0 Å². The van der Waals surface area contributed by atoms with Gasteiger partial charge in [-0.25, -0.2) is 0 Å². The molecule has 2 nitrogen and oxygen atoms in total. The van der Waals surface area contributed by atoms with E-state index in [1.165, 1.54) is 23.1 Å². The summed E-state index contributed by atoms with van der Waals surface area (Å²) >= 11 is 0. The van der Waals surface area contributed by atoms with Crippen molar-refractivity contribution in [3.63, 3.8) is 0 Å². The third-order valence-electron chi connectivity index (χ3n) is 4.39. The molecule has 0 spiro atoms. The summed E-state index contributed by atoms with van der Waals surface area (Å²) in [5, 5.41) is 10.3. The molecule has 0 bridgehead atoms. The summed E-state index contributed by atoms with van der Waals surface area (Å²) in [4.78, 5) is 0. The van der Waals surface area contributed by atoms with Gasteiger partial charge in [-0.1, -0.05) is 18.2 Å². The van der Waals surface area contributed by atoms with Crippen molar-refractivity contribution < 1.29 is 9.84 Å². The summed E-state index contributed by atoms with van der Waals surface area (Å²) in [6.45, 7) is 4.23. The van der Waals surface area contributed by atoms with Crippen molar-refractivity contribution in [2.45, 2.75) is 57.7 Å². The van der Waals surface area contributed by atoms with Gasteiger partial charge in [-0.05, 0) is 56.2 Å². The Morgan fingerprint density at radius 2 is 1.89 bits per heavy atom. The molecule has 18 heavy (non-hydrogen) atoms. The average molecular weight is 248 g/mol. The summed E-state index contributed by atoms with van der Waals surface area (Å²) in [7, 11) is 1.77. The molecule has 1 unspecified atom stereocenters. The standard InChI is InChI=1S/C16H24O2/c1-12-6-4-7-13(2)15(12)10-14(17)11-16(18-3)8-5-9-16/h4,6-7,14,17H,5,8-11H2,1-3H3. The van der Waals surface area contributed by atoms with Gasteiger partial charge < -0.3 is 9.84 Å². The quantitative estimate of drug-likeness (QED) is 0.867. The monoisotopic (exact) mass is 248 g/mol. The van der Waals surface area contributed by atoms with E-state index in [1.54, 1.807) is 7.11 Å². The van der Waals surface area contributed by atoms with E-state index in [1.807, 2.05) is 0 Å². The van der Waals surface area contributed by atoms with Crippen molar-refractivity contribution >= 4 is 0 Å². The Balaban J connectivity index is 2.01. The Morgan fingerprint density at radius 1 is 1.28 bits per heavy atom. The second-order valence-electron chi connectivity index (χ2n) is 5.67. The van der Waals surface area contributed by atoms with Crippen LogP contribution in [0.25, 0.3) is 0 Å². The maximum Gasteiger partial charge on any atom is 0.0703 e. The van der Waals surface area contributed by atoms with Crippen molar-refractivity contribution in [2.24, 2.45) is 0 Å². The van der Waals surface area contributed by atoms with Crippen molar-refractivity contribution in [1.29, 1.82) is 0 Å². The van der Waals surface area contributed by atoms with Crippen LogP contribution in [-0.4, -0.2) is 23.9 Å². The first kappa shape index (κ1) is 13.6. The van der Waals surface area contributed by atoms with Crippen LogP contribution in [0.4, 0.5) is 0 Å². The van der Waals surface area contributed by atoms with Crippen molar-refractivity contribution in [1.82, 2.24) is 0 Å². The van der Waals surface area contributed by atoms with Crippen LogP contribution in [0.1, 0.15) is 42.4 Å². The molecular formula is C16H24O2. The van der Waals surface area contributed by atoms with Gasteiger partial charge in [0.05, 0.1) is 11.7 Å². The zero-order valence-corrected chi connectivity index (χ0v) is 11.7. The predicted octanol–water partition coefficient (Wildman–Crippen LogP) is 3.17. The number of methoxy groups -OCH3 is 1. The molecule has 1 atom stereocenters. The van der Waals surface area contributed by atoms with Crippen LogP contribution < -0.4 is 0 Å². The Hall–Kier alpha value is -0.860. The average Bonchev–Trinajstić information content (AvgIpc) is 2.29. The van der Waals surface area contributed by atoms with Gasteiger partial charge in [0.25, 0.3) is 0 Å². The van der Waals surface area contributed by atoms with Crippen LogP contribution in [0.3, 0.4) is 0 Å². The molecule has 1 aliphatic carbocycles. The van der Waals surface area contributed by atoms with Crippen molar-refractivity contribution in [3.05, 3.63) is 34.9 Å². The normalized spacial score (nSPS) is 19.3. The third kappa shape index (κ3) is 2.76. The maximum absolute atomic E-state index is 10.3. The Morgan fingerprint density at radius 3 is 2.33 bits per heavy atom. The van der Waals surface area contributed by atoms with E-state index in [2.05, 4.69) is 32.0 Å². The second-order valence-corrected chi connectivity index (χ2v) is 5.67. The first-order valence-corrected chi connectivity index (χ1v) is 6.85. The van der Waals surface area contributed by atoms with Crippen molar-refractivity contribution in [2.75, 3.05) is 7.11 Å². The topological polar surface area (TPSA) is 29.5 Å². The number of benzene rings is 1. The van der Waals surface area contributed by atoms with Crippen LogP contribution in [-0.2, 0) is 11.2 Å². The molecular weight excluding hydrogens is 224 g/mol.